The zero-order chi connectivity index (χ0) is 11.7. The second-order valence-corrected chi connectivity index (χ2v) is 7.47. The van der Waals surface area contributed by atoms with E-state index in [1.54, 1.807) is 12.1 Å². The third kappa shape index (κ3) is 9.62. The fourth-order valence-electron chi connectivity index (χ4n) is 1.22. The summed E-state index contributed by atoms with van der Waals surface area (Å²) >= 11 is 4.82. The molecule has 0 radical (unpaired) electrons. The molecule has 0 atom stereocenters. The number of rotatable bonds is 3. The van der Waals surface area contributed by atoms with Crippen LogP contribution in [0.4, 0.5) is 5.69 Å². The van der Waals surface area contributed by atoms with Crippen molar-refractivity contribution in [1.29, 1.82) is 0 Å². The zero-order valence-corrected chi connectivity index (χ0v) is 14.2. The molecule has 96 valence electrons. The normalized spacial score (nSPS) is 9.00. The SMILES string of the molecule is CC[PH+](CC)CC.Nc1ccc([S-])cc1.[Au+]. The Morgan fingerprint density at radius 1 is 1.00 bits per heavy atom. The molecule has 0 bridgehead atoms. The summed E-state index contributed by atoms with van der Waals surface area (Å²) in [5.41, 5.74) is 6.14. The molecule has 1 aromatic carbocycles. The predicted molar refractivity (Wildman–Crippen MR) is 76.4 cm³/mol. The van der Waals surface area contributed by atoms with Crippen molar-refractivity contribution in [2.45, 2.75) is 25.7 Å². The quantitative estimate of drug-likeness (QED) is 0.338. The number of hydrogen-bond donors (Lipinski definition) is 1. The van der Waals surface area contributed by atoms with Gasteiger partial charge in [-0.05, 0) is 40.8 Å². The van der Waals surface area contributed by atoms with Crippen LogP contribution in [0.1, 0.15) is 20.8 Å². The summed E-state index contributed by atoms with van der Waals surface area (Å²) in [6, 6.07) is 7.21. The summed E-state index contributed by atoms with van der Waals surface area (Å²) in [6.45, 7) is 6.92. The molecule has 0 aliphatic rings. The maximum absolute atomic E-state index is 5.38. The Hall–Kier alpha value is 0.410. The van der Waals surface area contributed by atoms with Crippen LogP contribution in [0.15, 0.2) is 29.2 Å². The number of hydrogen-bond acceptors (Lipinski definition) is 2. The third-order valence-electron chi connectivity index (χ3n) is 2.38. The summed E-state index contributed by atoms with van der Waals surface area (Å²) in [4.78, 5) is 0.833. The van der Waals surface area contributed by atoms with Gasteiger partial charge in [-0.25, -0.2) is 0 Å². The van der Waals surface area contributed by atoms with Crippen molar-refractivity contribution >= 4 is 26.2 Å². The molecule has 0 unspecified atom stereocenters. The summed E-state index contributed by atoms with van der Waals surface area (Å²) < 4.78 is 0. The van der Waals surface area contributed by atoms with Crippen LogP contribution in [-0.2, 0) is 35.0 Å². The van der Waals surface area contributed by atoms with Crippen molar-refractivity contribution in [3.63, 3.8) is 0 Å². The molecule has 0 saturated carbocycles. The fourth-order valence-corrected chi connectivity index (χ4v) is 2.85. The largest absolute Gasteiger partial charge is 1.00 e. The molecule has 0 spiro atoms. The second-order valence-electron chi connectivity index (χ2n) is 3.38. The molecular weight excluding hydrogens is 418 g/mol. The van der Waals surface area contributed by atoms with Gasteiger partial charge in [0.25, 0.3) is 0 Å². The summed E-state index contributed by atoms with van der Waals surface area (Å²) in [6.07, 6.45) is 4.37. The van der Waals surface area contributed by atoms with E-state index in [1.165, 1.54) is 18.5 Å². The van der Waals surface area contributed by atoms with Gasteiger partial charge < -0.3 is 18.4 Å². The van der Waals surface area contributed by atoms with Crippen molar-refractivity contribution in [3.05, 3.63) is 24.3 Å². The maximum atomic E-state index is 5.38. The molecule has 16 heavy (non-hydrogen) atoms. The molecular formula is C12H22AuNPS+. The van der Waals surface area contributed by atoms with E-state index in [0.717, 1.165) is 10.6 Å². The van der Waals surface area contributed by atoms with Gasteiger partial charge in [-0.15, -0.1) is 0 Å². The average molecular weight is 440 g/mol. The van der Waals surface area contributed by atoms with Gasteiger partial charge in [0.05, 0.1) is 18.5 Å². The smallest absolute Gasteiger partial charge is 0.780 e. The Morgan fingerprint density at radius 2 is 1.38 bits per heavy atom. The van der Waals surface area contributed by atoms with Crippen LogP contribution in [0.3, 0.4) is 0 Å². The molecule has 2 N–H and O–H groups in total. The minimum Gasteiger partial charge on any atom is -0.780 e. The molecule has 0 aromatic heterocycles. The van der Waals surface area contributed by atoms with Gasteiger partial charge in [0, 0.05) is 5.69 Å². The van der Waals surface area contributed by atoms with Gasteiger partial charge in [-0.3, -0.25) is 0 Å². The van der Waals surface area contributed by atoms with Gasteiger partial charge in [-0.1, -0.05) is 12.1 Å². The van der Waals surface area contributed by atoms with Crippen LogP contribution in [0.2, 0.25) is 0 Å². The van der Waals surface area contributed by atoms with E-state index in [9.17, 15) is 0 Å². The van der Waals surface area contributed by atoms with Crippen LogP contribution in [0.5, 0.6) is 0 Å². The summed E-state index contributed by atoms with van der Waals surface area (Å²) in [7, 11) is 0.137. The van der Waals surface area contributed by atoms with E-state index < -0.39 is 0 Å². The number of anilines is 1. The molecule has 1 rings (SSSR count). The first kappa shape index (κ1) is 18.8. The van der Waals surface area contributed by atoms with Crippen LogP contribution in [0, 0.1) is 0 Å². The molecule has 4 heteroatoms. The minimum absolute atomic E-state index is 0. The van der Waals surface area contributed by atoms with E-state index in [2.05, 4.69) is 20.8 Å². The van der Waals surface area contributed by atoms with Gasteiger partial charge in [0.1, 0.15) is 0 Å². The molecule has 0 fully saturated rings. The standard InChI is InChI=1S/C6H7NS.C6H15P.Au/c7-5-1-3-6(8)4-2-5;1-4-7(5-2)6-3;/h1-4,8H,7H2;4-6H2,1-3H3;/q;;+1. The molecule has 0 aliphatic carbocycles. The second kappa shape index (κ2) is 11.9. The molecule has 0 heterocycles. The van der Waals surface area contributed by atoms with Crippen LogP contribution in [0.25, 0.3) is 0 Å². The van der Waals surface area contributed by atoms with Gasteiger partial charge in [0.2, 0.25) is 0 Å². The van der Waals surface area contributed by atoms with E-state index in [-0.39, 0.29) is 30.3 Å². The van der Waals surface area contributed by atoms with Crippen LogP contribution >= 0.6 is 7.92 Å². The van der Waals surface area contributed by atoms with Gasteiger partial charge >= 0.3 is 22.4 Å². The van der Waals surface area contributed by atoms with E-state index in [0.29, 0.717) is 0 Å². The zero-order valence-electron chi connectivity index (χ0n) is 10.2. The first-order valence-electron chi connectivity index (χ1n) is 5.50. The topological polar surface area (TPSA) is 26.0 Å². The first-order chi connectivity index (χ1) is 7.13. The third-order valence-corrected chi connectivity index (χ3v) is 5.65. The average Bonchev–Trinajstić information content (AvgIpc) is 2.26. The van der Waals surface area contributed by atoms with Crippen LogP contribution in [-0.4, -0.2) is 18.5 Å². The number of nitrogens with two attached hydrogens (primary N) is 1. The summed E-state index contributed by atoms with van der Waals surface area (Å²) in [5, 5.41) is 0. The van der Waals surface area contributed by atoms with Crippen molar-refractivity contribution < 1.29 is 22.4 Å². The Balaban J connectivity index is 0. The van der Waals surface area contributed by atoms with E-state index in [1.807, 2.05) is 12.1 Å². The molecule has 0 saturated heterocycles. The monoisotopic (exact) mass is 440 g/mol. The molecule has 0 aliphatic heterocycles. The maximum Gasteiger partial charge on any atom is 1.00 e. The first-order valence-corrected chi connectivity index (χ1v) is 8.03. The Kier molecular flexibility index (Phi) is 13.9. The Labute approximate surface area is 122 Å². The fraction of sp³-hybridized carbons (Fsp3) is 0.500. The Morgan fingerprint density at radius 3 is 1.56 bits per heavy atom. The van der Waals surface area contributed by atoms with Crippen molar-refractivity contribution in [3.8, 4) is 0 Å². The number of nitrogen functional groups attached to an aromatic ring is 1. The van der Waals surface area contributed by atoms with Gasteiger partial charge in [-0.2, -0.15) is 4.90 Å². The summed E-state index contributed by atoms with van der Waals surface area (Å²) in [5.74, 6) is 0. The molecule has 1 aromatic rings. The van der Waals surface area contributed by atoms with Gasteiger partial charge in [0.15, 0.2) is 0 Å². The van der Waals surface area contributed by atoms with E-state index in [4.69, 9.17) is 18.4 Å². The van der Waals surface area contributed by atoms with Crippen LogP contribution < -0.4 is 5.73 Å². The minimum atomic E-state index is 0. The van der Waals surface area contributed by atoms with E-state index >= 15 is 0 Å². The molecule has 1 nitrogen and oxygen atoms in total. The van der Waals surface area contributed by atoms with Crippen molar-refractivity contribution in [2.24, 2.45) is 0 Å². The van der Waals surface area contributed by atoms with Crippen molar-refractivity contribution in [2.75, 3.05) is 24.2 Å². The predicted octanol–water partition coefficient (Wildman–Crippen LogP) is 3.43. The molecule has 0 amide bonds. The van der Waals surface area contributed by atoms with Crippen molar-refractivity contribution in [1.82, 2.24) is 0 Å². The number of benzene rings is 1. The Bertz CT molecular complexity index is 223.